The number of ether oxygens (including phenoxy) is 1. The Bertz CT molecular complexity index is 658. The van der Waals surface area contributed by atoms with Gasteiger partial charge >= 0.3 is 6.09 Å². The maximum Gasteiger partial charge on any atom is 0.411 e. The van der Waals surface area contributed by atoms with Crippen LogP contribution in [0.3, 0.4) is 0 Å². The predicted octanol–water partition coefficient (Wildman–Crippen LogP) is 3.83. The van der Waals surface area contributed by atoms with Crippen molar-refractivity contribution >= 4 is 34.2 Å². The van der Waals surface area contributed by atoms with Gasteiger partial charge in [-0.25, -0.2) is 4.79 Å². The molecule has 0 spiro atoms. The quantitative estimate of drug-likeness (QED) is 0.930. The van der Waals surface area contributed by atoms with Crippen LogP contribution in [-0.2, 0) is 22.1 Å². The fourth-order valence-corrected chi connectivity index (χ4v) is 2.63. The van der Waals surface area contributed by atoms with Gasteiger partial charge in [-0.3, -0.25) is 9.53 Å². The van der Waals surface area contributed by atoms with Gasteiger partial charge < -0.3 is 4.74 Å². The van der Waals surface area contributed by atoms with E-state index in [9.17, 15) is 9.00 Å². The summed E-state index contributed by atoms with van der Waals surface area (Å²) in [4.78, 5) is 12.4. The first kappa shape index (κ1) is 15.5. The molecule has 2 aromatic carbocycles. The normalized spacial score (nSPS) is 11.7. The summed E-state index contributed by atoms with van der Waals surface area (Å²) in [6.07, 6.45) is 1.01. The van der Waals surface area contributed by atoms with E-state index in [2.05, 4.69) is 5.32 Å². The SMILES string of the molecule is C[S@@](=O)c1ccccc1COC(=O)Nc1ccc(Cl)cc1. The molecule has 21 heavy (non-hydrogen) atoms. The van der Waals surface area contributed by atoms with E-state index in [4.69, 9.17) is 16.3 Å². The third-order valence-electron chi connectivity index (χ3n) is 2.73. The summed E-state index contributed by atoms with van der Waals surface area (Å²) in [5.74, 6) is 0. The molecule has 0 fully saturated rings. The van der Waals surface area contributed by atoms with Crippen molar-refractivity contribution in [3.8, 4) is 0 Å². The van der Waals surface area contributed by atoms with Crippen LogP contribution in [-0.4, -0.2) is 16.6 Å². The molecule has 1 atom stereocenters. The third-order valence-corrected chi connectivity index (χ3v) is 4.00. The number of carbonyl (C=O) groups is 1. The number of carbonyl (C=O) groups excluding carboxylic acids is 1. The highest BCUT2D eigenvalue weighted by Gasteiger charge is 2.08. The highest BCUT2D eigenvalue weighted by molar-refractivity contribution is 7.84. The molecule has 110 valence electrons. The molecule has 1 N–H and O–H groups in total. The Morgan fingerprint density at radius 1 is 1.19 bits per heavy atom. The molecule has 2 aromatic rings. The van der Waals surface area contributed by atoms with Gasteiger partial charge in [-0.2, -0.15) is 0 Å². The van der Waals surface area contributed by atoms with Crippen molar-refractivity contribution in [3.63, 3.8) is 0 Å². The highest BCUT2D eigenvalue weighted by Crippen LogP contribution is 2.15. The lowest BCUT2D eigenvalue weighted by Crippen LogP contribution is -2.14. The predicted molar refractivity (Wildman–Crippen MR) is 84.0 cm³/mol. The van der Waals surface area contributed by atoms with E-state index >= 15 is 0 Å². The molecular formula is C15H14ClNO3S. The second-order valence-electron chi connectivity index (χ2n) is 4.27. The van der Waals surface area contributed by atoms with E-state index in [0.717, 1.165) is 5.56 Å². The molecule has 0 aromatic heterocycles. The summed E-state index contributed by atoms with van der Waals surface area (Å²) in [6, 6.07) is 13.9. The minimum Gasteiger partial charge on any atom is -0.444 e. The first-order chi connectivity index (χ1) is 10.1. The second-order valence-corrected chi connectivity index (χ2v) is 6.05. The highest BCUT2D eigenvalue weighted by atomic mass is 35.5. The van der Waals surface area contributed by atoms with Crippen LogP contribution in [0, 0.1) is 0 Å². The summed E-state index contributed by atoms with van der Waals surface area (Å²) >= 11 is 5.76. The van der Waals surface area contributed by atoms with Crippen molar-refractivity contribution in [2.75, 3.05) is 11.6 Å². The monoisotopic (exact) mass is 323 g/mol. The molecule has 0 radical (unpaired) electrons. The fraction of sp³-hybridized carbons (Fsp3) is 0.133. The summed E-state index contributed by atoms with van der Waals surface area (Å²) in [5, 5.41) is 3.18. The lowest BCUT2D eigenvalue weighted by atomic mass is 10.2. The van der Waals surface area contributed by atoms with Crippen molar-refractivity contribution in [1.29, 1.82) is 0 Å². The van der Waals surface area contributed by atoms with Crippen LogP contribution in [0.2, 0.25) is 5.02 Å². The minimum atomic E-state index is -1.12. The zero-order valence-electron chi connectivity index (χ0n) is 11.3. The zero-order chi connectivity index (χ0) is 15.2. The average Bonchev–Trinajstić information content (AvgIpc) is 2.48. The van der Waals surface area contributed by atoms with Gasteiger partial charge in [-0.1, -0.05) is 29.8 Å². The number of anilines is 1. The first-order valence-electron chi connectivity index (χ1n) is 6.17. The van der Waals surface area contributed by atoms with Gasteiger partial charge in [-0.05, 0) is 30.3 Å². The molecule has 2 rings (SSSR count). The Balaban J connectivity index is 1.95. The average molecular weight is 324 g/mol. The van der Waals surface area contributed by atoms with Gasteiger partial charge in [0.1, 0.15) is 6.61 Å². The Morgan fingerprint density at radius 3 is 2.52 bits per heavy atom. The van der Waals surface area contributed by atoms with Crippen LogP contribution in [0.25, 0.3) is 0 Å². The van der Waals surface area contributed by atoms with E-state index in [1.807, 2.05) is 6.07 Å². The third kappa shape index (κ3) is 4.58. The smallest absolute Gasteiger partial charge is 0.411 e. The maximum atomic E-state index is 11.7. The van der Waals surface area contributed by atoms with Crippen LogP contribution >= 0.6 is 11.6 Å². The summed E-state index contributed by atoms with van der Waals surface area (Å²) in [7, 11) is -1.12. The van der Waals surface area contributed by atoms with Gasteiger partial charge in [0.25, 0.3) is 0 Å². The van der Waals surface area contributed by atoms with E-state index in [1.165, 1.54) is 0 Å². The van der Waals surface area contributed by atoms with E-state index in [0.29, 0.717) is 15.6 Å². The van der Waals surface area contributed by atoms with Crippen molar-refractivity contribution in [2.24, 2.45) is 0 Å². The molecule has 0 aliphatic carbocycles. The van der Waals surface area contributed by atoms with Crippen LogP contribution in [0.5, 0.6) is 0 Å². The van der Waals surface area contributed by atoms with Crippen molar-refractivity contribution in [2.45, 2.75) is 11.5 Å². The van der Waals surface area contributed by atoms with E-state index in [1.54, 1.807) is 48.7 Å². The number of rotatable bonds is 4. The molecule has 6 heteroatoms. The standard InChI is InChI=1S/C15H14ClNO3S/c1-21(19)14-5-3-2-4-11(14)10-20-15(18)17-13-8-6-12(16)7-9-13/h2-9H,10H2,1H3,(H,17,18)/t21-/m1/s1. The van der Waals surface area contributed by atoms with Gasteiger partial charge in [-0.15, -0.1) is 0 Å². The van der Waals surface area contributed by atoms with Gasteiger partial charge in [0.05, 0.1) is 10.8 Å². The van der Waals surface area contributed by atoms with E-state index < -0.39 is 16.9 Å². The topological polar surface area (TPSA) is 55.4 Å². The molecule has 0 saturated carbocycles. The minimum absolute atomic E-state index is 0.0647. The van der Waals surface area contributed by atoms with Crippen LogP contribution < -0.4 is 5.32 Å². The largest absolute Gasteiger partial charge is 0.444 e. The number of halogens is 1. The number of hydrogen-bond acceptors (Lipinski definition) is 3. The molecule has 0 aliphatic heterocycles. The molecule has 0 heterocycles. The fourth-order valence-electron chi connectivity index (χ4n) is 1.73. The zero-order valence-corrected chi connectivity index (χ0v) is 12.9. The van der Waals surface area contributed by atoms with Gasteiger partial charge in [0.2, 0.25) is 0 Å². The van der Waals surface area contributed by atoms with Crippen molar-refractivity contribution < 1.29 is 13.7 Å². The van der Waals surface area contributed by atoms with Crippen molar-refractivity contribution in [3.05, 3.63) is 59.1 Å². The number of benzene rings is 2. The molecule has 0 saturated heterocycles. The Labute approximate surface area is 130 Å². The first-order valence-corrected chi connectivity index (χ1v) is 8.10. The number of amides is 1. The molecule has 1 amide bonds. The molecule has 0 bridgehead atoms. The molecule has 0 aliphatic rings. The summed E-state index contributed by atoms with van der Waals surface area (Å²) in [6.45, 7) is 0.0647. The summed E-state index contributed by atoms with van der Waals surface area (Å²) < 4.78 is 16.7. The molecular weight excluding hydrogens is 310 g/mol. The van der Waals surface area contributed by atoms with Crippen LogP contribution in [0.1, 0.15) is 5.56 Å². The maximum absolute atomic E-state index is 11.7. The molecule has 0 unspecified atom stereocenters. The van der Waals surface area contributed by atoms with Gasteiger partial charge in [0, 0.05) is 27.4 Å². The lowest BCUT2D eigenvalue weighted by Gasteiger charge is -2.09. The van der Waals surface area contributed by atoms with Crippen molar-refractivity contribution in [1.82, 2.24) is 0 Å². The van der Waals surface area contributed by atoms with Crippen LogP contribution in [0.15, 0.2) is 53.4 Å². The van der Waals surface area contributed by atoms with Gasteiger partial charge in [0.15, 0.2) is 0 Å². The Hall–Kier alpha value is -1.85. The summed E-state index contributed by atoms with van der Waals surface area (Å²) in [5.41, 5.74) is 1.32. The Kier molecular flexibility index (Phi) is 5.36. The lowest BCUT2D eigenvalue weighted by molar-refractivity contribution is 0.154. The molecule has 4 nitrogen and oxygen atoms in total. The number of nitrogens with one attached hydrogen (secondary N) is 1. The second kappa shape index (κ2) is 7.24. The van der Waals surface area contributed by atoms with E-state index in [-0.39, 0.29) is 6.61 Å². The van der Waals surface area contributed by atoms with Crippen LogP contribution in [0.4, 0.5) is 10.5 Å². The Morgan fingerprint density at radius 2 is 1.86 bits per heavy atom. The number of hydrogen-bond donors (Lipinski definition) is 1.